The molecule has 182 valence electrons. The zero-order valence-corrected chi connectivity index (χ0v) is 21.4. The number of nitrogens with zero attached hydrogens (tertiary/aromatic N) is 3. The van der Waals surface area contributed by atoms with Crippen LogP contribution in [0.3, 0.4) is 0 Å². The monoisotopic (exact) mass is 532 g/mol. The van der Waals surface area contributed by atoms with Crippen LogP contribution in [0.2, 0.25) is 5.02 Å². The van der Waals surface area contributed by atoms with Crippen molar-refractivity contribution in [1.82, 2.24) is 4.90 Å². The van der Waals surface area contributed by atoms with Gasteiger partial charge in [-0.25, -0.2) is 4.90 Å². The summed E-state index contributed by atoms with van der Waals surface area (Å²) < 4.78 is 26.4. The van der Waals surface area contributed by atoms with Gasteiger partial charge in [0.25, 0.3) is 5.91 Å². The Morgan fingerprint density at radius 1 is 1.14 bits per heavy atom. The van der Waals surface area contributed by atoms with Gasteiger partial charge >= 0.3 is 0 Å². The van der Waals surface area contributed by atoms with Crippen LogP contribution in [0.15, 0.2) is 51.4 Å². The molecule has 0 fully saturated rings. The van der Waals surface area contributed by atoms with E-state index in [1.165, 1.54) is 18.9 Å². The minimum absolute atomic E-state index is 0.00297. The van der Waals surface area contributed by atoms with E-state index in [4.69, 9.17) is 36.0 Å². The molecule has 0 saturated heterocycles. The molecule has 1 amide bonds. The Kier molecular flexibility index (Phi) is 7.89. The molecule has 35 heavy (non-hydrogen) atoms. The number of ether oxygens (including phenoxy) is 4. The molecule has 4 rings (SSSR count). The standard InChI is InChI=1S/C23H21ClN4O5S2/c1-30-14-5-4-6-15(12-14)32-7-8-33-19-17(24)10-13(11-18(19)31-2)9-16-20(25)28-22(26-21(16)29)35-27-23(28)34-3/h4-6,9-12,25H,7-8H2,1-3H3/b16-9-,25-20?. The number of carbonyl (C=O) groups excluding carboxylic acids is 1. The molecule has 2 aromatic rings. The maximum Gasteiger partial charge on any atom is 0.283 e. The molecule has 0 bridgehead atoms. The lowest BCUT2D eigenvalue weighted by Gasteiger charge is -2.24. The summed E-state index contributed by atoms with van der Waals surface area (Å²) >= 11 is 8.93. The van der Waals surface area contributed by atoms with E-state index in [1.54, 1.807) is 36.3 Å². The molecule has 0 radical (unpaired) electrons. The molecule has 2 aliphatic rings. The highest BCUT2D eigenvalue weighted by Gasteiger charge is 2.37. The quantitative estimate of drug-likeness (QED) is 0.295. The molecule has 0 saturated carbocycles. The van der Waals surface area contributed by atoms with Crippen LogP contribution in [-0.4, -0.2) is 60.7 Å². The summed E-state index contributed by atoms with van der Waals surface area (Å²) in [5, 5.41) is 9.78. The van der Waals surface area contributed by atoms with E-state index in [2.05, 4.69) is 9.39 Å². The fourth-order valence-corrected chi connectivity index (χ4v) is 4.98. The third kappa shape index (κ3) is 5.42. The third-order valence-corrected chi connectivity index (χ3v) is 6.62. The van der Waals surface area contributed by atoms with Crippen LogP contribution in [0.1, 0.15) is 5.56 Å². The second-order valence-electron chi connectivity index (χ2n) is 7.02. The molecular formula is C23H21ClN4O5S2. The van der Waals surface area contributed by atoms with Gasteiger partial charge in [0.2, 0.25) is 5.17 Å². The first-order chi connectivity index (χ1) is 16.9. The number of hydrogen-bond acceptors (Lipinski definition) is 9. The molecule has 9 nitrogen and oxygen atoms in total. The molecule has 0 spiro atoms. The smallest absolute Gasteiger partial charge is 0.283 e. The number of rotatable bonds is 8. The number of benzene rings is 2. The first-order valence-corrected chi connectivity index (χ1v) is 12.6. The summed E-state index contributed by atoms with van der Waals surface area (Å²) in [6.45, 7) is 0.495. The molecule has 12 heteroatoms. The first-order valence-electron chi connectivity index (χ1n) is 10.2. The minimum Gasteiger partial charge on any atom is -0.497 e. The zero-order valence-electron chi connectivity index (χ0n) is 19.0. The predicted molar refractivity (Wildman–Crippen MR) is 141 cm³/mol. The average molecular weight is 533 g/mol. The largest absolute Gasteiger partial charge is 0.497 e. The SMILES string of the molecule is COc1cccc(OCCOc2c(Cl)cc(/C=C3/C(=N)N4C(SC)=NSC4=NC3=O)cc2OC)c1. The molecule has 1 N–H and O–H groups in total. The van der Waals surface area contributed by atoms with E-state index in [-0.39, 0.29) is 24.6 Å². The molecule has 2 aromatic carbocycles. The van der Waals surface area contributed by atoms with Gasteiger partial charge < -0.3 is 18.9 Å². The van der Waals surface area contributed by atoms with E-state index in [0.717, 1.165) is 11.9 Å². The van der Waals surface area contributed by atoms with Gasteiger partial charge in [0.15, 0.2) is 16.7 Å². The third-order valence-electron chi connectivity index (χ3n) is 4.88. The number of carbonyl (C=O) groups is 1. The molecule has 0 aromatic heterocycles. The van der Waals surface area contributed by atoms with Crippen molar-refractivity contribution >= 4 is 63.5 Å². The lowest BCUT2D eigenvalue weighted by atomic mass is 10.1. The average Bonchev–Trinajstić information content (AvgIpc) is 3.28. The van der Waals surface area contributed by atoms with Crippen molar-refractivity contribution in [1.29, 1.82) is 5.41 Å². The van der Waals surface area contributed by atoms with Gasteiger partial charge in [-0.3, -0.25) is 10.2 Å². The minimum atomic E-state index is -0.517. The van der Waals surface area contributed by atoms with Crippen molar-refractivity contribution in [2.24, 2.45) is 9.39 Å². The van der Waals surface area contributed by atoms with Crippen molar-refractivity contribution in [2.45, 2.75) is 0 Å². The van der Waals surface area contributed by atoms with E-state index >= 15 is 0 Å². The molecule has 0 unspecified atom stereocenters. The van der Waals surface area contributed by atoms with Crippen LogP contribution in [-0.2, 0) is 4.79 Å². The molecule has 0 aliphatic carbocycles. The summed E-state index contributed by atoms with van der Waals surface area (Å²) in [7, 11) is 3.09. The van der Waals surface area contributed by atoms with Crippen molar-refractivity contribution in [3.63, 3.8) is 0 Å². The van der Waals surface area contributed by atoms with E-state index in [1.807, 2.05) is 24.5 Å². The second kappa shape index (κ2) is 11.1. The van der Waals surface area contributed by atoms with Gasteiger partial charge in [0.05, 0.1) is 36.8 Å². The normalized spacial score (nSPS) is 16.1. The van der Waals surface area contributed by atoms with E-state index in [9.17, 15) is 4.79 Å². The number of halogens is 1. The molecule has 0 atom stereocenters. The number of hydrogen-bond donors (Lipinski definition) is 1. The van der Waals surface area contributed by atoms with Crippen molar-refractivity contribution in [3.05, 3.63) is 52.6 Å². The Labute approximate surface area is 215 Å². The number of fused-ring (bicyclic) bond motifs is 1. The van der Waals surface area contributed by atoms with Gasteiger partial charge in [-0.2, -0.15) is 9.39 Å². The second-order valence-corrected chi connectivity index (χ2v) is 8.93. The number of amides is 1. The highest BCUT2D eigenvalue weighted by atomic mass is 35.5. The van der Waals surface area contributed by atoms with Crippen molar-refractivity contribution in [2.75, 3.05) is 33.7 Å². The summed E-state index contributed by atoms with van der Waals surface area (Å²) in [6.07, 6.45) is 3.40. The van der Waals surface area contributed by atoms with Gasteiger partial charge in [0, 0.05) is 6.07 Å². The Bertz CT molecular complexity index is 1260. The van der Waals surface area contributed by atoms with E-state index in [0.29, 0.717) is 43.9 Å². The van der Waals surface area contributed by atoms with Crippen LogP contribution in [0.5, 0.6) is 23.0 Å². The zero-order chi connectivity index (χ0) is 24.9. The van der Waals surface area contributed by atoms with Gasteiger partial charge in [-0.15, -0.1) is 0 Å². The lowest BCUT2D eigenvalue weighted by Crippen LogP contribution is -2.41. The summed E-state index contributed by atoms with van der Waals surface area (Å²) in [5.41, 5.74) is 0.685. The Morgan fingerprint density at radius 2 is 1.91 bits per heavy atom. The van der Waals surface area contributed by atoms with Gasteiger partial charge in [-0.1, -0.05) is 29.4 Å². The highest BCUT2D eigenvalue weighted by molar-refractivity contribution is 8.18. The van der Waals surface area contributed by atoms with E-state index < -0.39 is 5.91 Å². The topological polar surface area (TPSA) is 106 Å². The highest BCUT2D eigenvalue weighted by Crippen LogP contribution is 2.38. The van der Waals surface area contributed by atoms with Crippen LogP contribution in [0.25, 0.3) is 6.08 Å². The van der Waals surface area contributed by atoms with Crippen LogP contribution < -0.4 is 18.9 Å². The number of aliphatic imine (C=N–C) groups is 1. The fraction of sp³-hybridized carbons (Fsp3) is 0.217. The maximum absolute atomic E-state index is 12.6. The van der Waals surface area contributed by atoms with Crippen LogP contribution >= 0.6 is 35.3 Å². The van der Waals surface area contributed by atoms with Gasteiger partial charge in [-0.05, 0) is 42.2 Å². The first kappa shape index (κ1) is 25.0. The number of amidine groups is 3. The van der Waals surface area contributed by atoms with Crippen LogP contribution in [0, 0.1) is 5.41 Å². The van der Waals surface area contributed by atoms with Crippen molar-refractivity contribution in [3.8, 4) is 23.0 Å². The maximum atomic E-state index is 12.6. The number of thioether (sulfide) groups is 1. The predicted octanol–water partition coefficient (Wildman–Crippen LogP) is 4.75. The fourth-order valence-electron chi connectivity index (χ4n) is 3.26. The Balaban J connectivity index is 1.48. The summed E-state index contributed by atoms with van der Waals surface area (Å²) in [5.74, 6) is 1.57. The Morgan fingerprint density at radius 3 is 2.66 bits per heavy atom. The number of nitrogens with one attached hydrogen (secondary N) is 1. The Hall–Kier alpha value is -3.15. The summed E-state index contributed by atoms with van der Waals surface area (Å²) in [4.78, 5) is 18.2. The number of methoxy groups -OCH3 is 2. The molecule has 2 heterocycles. The van der Waals surface area contributed by atoms with Gasteiger partial charge in [0.1, 0.15) is 30.5 Å². The van der Waals surface area contributed by atoms with Crippen molar-refractivity contribution < 1.29 is 23.7 Å². The molecular weight excluding hydrogens is 512 g/mol. The molecule has 2 aliphatic heterocycles. The summed E-state index contributed by atoms with van der Waals surface area (Å²) in [6, 6.07) is 10.6. The lowest BCUT2D eigenvalue weighted by molar-refractivity contribution is -0.114. The van der Waals surface area contributed by atoms with Crippen LogP contribution in [0.4, 0.5) is 0 Å².